The zero-order valence-electron chi connectivity index (χ0n) is 31.0. The van der Waals surface area contributed by atoms with Crippen molar-refractivity contribution in [1.29, 1.82) is 0 Å². The Morgan fingerprint density at radius 2 is 0.745 bits per heavy atom. The predicted molar refractivity (Wildman–Crippen MR) is 192 cm³/mol. The van der Waals surface area contributed by atoms with Gasteiger partial charge in [0.1, 0.15) is 18.3 Å². The largest absolute Gasteiger partial charge is 1.00 e. The summed E-state index contributed by atoms with van der Waals surface area (Å²) in [5, 5.41) is 52.0. The van der Waals surface area contributed by atoms with E-state index in [1.165, 1.54) is 141 Å². The van der Waals surface area contributed by atoms with E-state index in [4.69, 9.17) is 4.74 Å². The maximum absolute atomic E-state index is 11.2. The molecule has 5 N–H and O–H groups in total. The fourth-order valence-electron chi connectivity index (χ4n) is 7.53. The van der Waals surface area contributed by atoms with E-state index in [1.54, 1.807) is 0 Å². The summed E-state index contributed by atoms with van der Waals surface area (Å²) in [6, 6.07) is 0. The first kappa shape index (κ1) is 47.0. The molecule has 1 fully saturated rings. The molecule has 0 aromatic rings. The van der Waals surface area contributed by atoms with Crippen molar-refractivity contribution in [3.05, 3.63) is 0 Å². The first-order valence-corrected chi connectivity index (χ1v) is 20.2. The summed E-state index contributed by atoms with van der Waals surface area (Å²) in [6.45, 7) is 6.45. The van der Waals surface area contributed by atoms with Crippen LogP contribution in [0.4, 0.5) is 0 Å². The lowest BCUT2D eigenvalue weighted by atomic mass is 9.95. The smallest absolute Gasteiger partial charge is 0.222 e. The lowest BCUT2D eigenvalue weighted by molar-refractivity contribution is -0.979. The van der Waals surface area contributed by atoms with Gasteiger partial charge in [0.15, 0.2) is 6.10 Å². The van der Waals surface area contributed by atoms with Gasteiger partial charge < -0.3 is 42.7 Å². The maximum atomic E-state index is 11.2. The number of hydrogen-bond acceptors (Lipinski definition) is 6. The Bertz CT molecular complexity index is 659. The Labute approximate surface area is 297 Å². The van der Waals surface area contributed by atoms with Crippen LogP contribution >= 0.6 is 0 Å². The molecule has 0 radical (unpaired) electrons. The minimum atomic E-state index is -1.36. The van der Waals surface area contributed by atoms with Gasteiger partial charge in [-0.15, -0.1) is 0 Å². The highest BCUT2D eigenvalue weighted by atomic mass is 35.5. The number of aliphatic hydroxyl groups excluding tert-OH is 5. The lowest BCUT2D eigenvalue weighted by Gasteiger charge is -2.51. The topological polar surface area (TPSA) is 110 Å². The summed E-state index contributed by atoms with van der Waals surface area (Å²) >= 11 is 0. The molecular formula is C39H80ClNO6. The molecule has 47 heavy (non-hydrogen) atoms. The van der Waals surface area contributed by atoms with Crippen LogP contribution < -0.4 is 12.4 Å². The number of nitrogens with zero attached hydrogens (tertiary/aromatic N) is 1. The summed E-state index contributed by atoms with van der Waals surface area (Å²) in [6.07, 6.45) is 28.6. The van der Waals surface area contributed by atoms with Crippen LogP contribution in [-0.2, 0) is 4.74 Å². The maximum Gasteiger partial charge on any atom is 0.222 e. The van der Waals surface area contributed by atoms with Gasteiger partial charge in [-0.25, -0.2) is 0 Å². The minimum absolute atomic E-state index is 0. The van der Waals surface area contributed by atoms with Crippen molar-refractivity contribution in [1.82, 2.24) is 0 Å². The van der Waals surface area contributed by atoms with Gasteiger partial charge in [-0.1, -0.05) is 155 Å². The third-order valence-electron chi connectivity index (χ3n) is 10.6. The van der Waals surface area contributed by atoms with Crippen LogP contribution in [0.2, 0.25) is 0 Å². The van der Waals surface area contributed by atoms with Crippen LogP contribution in [0.3, 0.4) is 0 Å². The highest BCUT2D eigenvalue weighted by molar-refractivity contribution is 4.89. The second-order valence-corrected chi connectivity index (χ2v) is 14.7. The van der Waals surface area contributed by atoms with E-state index in [0.717, 1.165) is 38.8 Å². The molecule has 0 aromatic heterocycles. The van der Waals surface area contributed by atoms with Gasteiger partial charge in [0.25, 0.3) is 0 Å². The number of halogens is 1. The number of ether oxygens (including phenoxy) is 1. The predicted octanol–water partition coefficient (Wildman–Crippen LogP) is 5.17. The van der Waals surface area contributed by atoms with Crippen molar-refractivity contribution in [3.8, 4) is 0 Å². The third-order valence-corrected chi connectivity index (χ3v) is 10.6. The molecule has 1 aliphatic rings. The summed E-state index contributed by atoms with van der Waals surface area (Å²) in [5.41, 5.74) is 0. The molecular weight excluding hydrogens is 614 g/mol. The molecule has 0 amide bonds. The fraction of sp³-hybridized carbons (Fsp3) is 1.00. The highest BCUT2D eigenvalue weighted by Gasteiger charge is 2.52. The van der Waals surface area contributed by atoms with Crippen LogP contribution in [0.5, 0.6) is 0 Å². The van der Waals surface area contributed by atoms with Gasteiger partial charge in [0.05, 0.1) is 26.2 Å². The zero-order valence-corrected chi connectivity index (χ0v) is 31.7. The Morgan fingerprint density at radius 3 is 1.06 bits per heavy atom. The standard InChI is InChI=1S/C39H80NO6.ClH/c1-3-5-7-9-11-13-15-16-17-18-19-20-22-24-26-28-31-40(32-29-33-41,30-27-25-23-21-14-12-10-8-6-4-2)39-38(45)37(44)36(43)35(34-42)46-39;/h35-39,41-45H,3-34H2,1-2H3;1H/q+1;/p-1/t35-,36-,37+,38-,39?,40?;/m1./s1. The van der Waals surface area contributed by atoms with Crippen LogP contribution in [0.25, 0.3) is 0 Å². The monoisotopic (exact) mass is 694 g/mol. The molecule has 0 bridgehead atoms. The summed E-state index contributed by atoms with van der Waals surface area (Å²) in [5.74, 6) is 0. The third kappa shape index (κ3) is 21.1. The molecule has 2 unspecified atom stereocenters. The van der Waals surface area contributed by atoms with Crippen LogP contribution in [-0.4, -0.2) is 93.5 Å². The molecule has 0 aliphatic carbocycles. The van der Waals surface area contributed by atoms with E-state index < -0.39 is 37.3 Å². The van der Waals surface area contributed by atoms with E-state index in [-0.39, 0.29) is 19.0 Å². The van der Waals surface area contributed by atoms with E-state index >= 15 is 0 Å². The van der Waals surface area contributed by atoms with E-state index in [9.17, 15) is 25.5 Å². The molecule has 0 saturated carbocycles. The quantitative estimate of drug-likeness (QED) is 0.0480. The van der Waals surface area contributed by atoms with Crippen molar-refractivity contribution in [3.63, 3.8) is 0 Å². The molecule has 1 rings (SSSR count). The first-order valence-electron chi connectivity index (χ1n) is 20.2. The van der Waals surface area contributed by atoms with Gasteiger partial charge >= 0.3 is 0 Å². The lowest BCUT2D eigenvalue weighted by Crippen LogP contribution is -3.00. The van der Waals surface area contributed by atoms with Crippen molar-refractivity contribution in [2.24, 2.45) is 0 Å². The Balaban J connectivity index is 0.0000212. The summed E-state index contributed by atoms with van der Waals surface area (Å²) in [4.78, 5) is 0. The summed E-state index contributed by atoms with van der Waals surface area (Å²) in [7, 11) is 0. The highest BCUT2D eigenvalue weighted by Crippen LogP contribution is 2.31. The normalized spacial score (nSPS) is 22.7. The first-order chi connectivity index (χ1) is 22.5. The Hall–Kier alpha value is 0.01000. The van der Waals surface area contributed by atoms with Crippen molar-refractivity contribution in [2.45, 2.75) is 218 Å². The molecule has 8 heteroatoms. The number of hydrogen-bond donors (Lipinski definition) is 5. The second kappa shape index (κ2) is 32.0. The van der Waals surface area contributed by atoms with E-state index in [0.29, 0.717) is 17.4 Å². The molecule has 6 atom stereocenters. The van der Waals surface area contributed by atoms with Gasteiger partial charge in [0.2, 0.25) is 6.23 Å². The number of rotatable bonds is 33. The van der Waals surface area contributed by atoms with Crippen LogP contribution in [0, 0.1) is 0 Å². The zero-order chi connectivity index (χ0) is 33.7. The van der Waals surface area contributed by atoms with E-state index in [1.807, 2.05) is 0 Å². The van der Waals surface area contributed by atoms with Gasteiger partial charge in [-0.05, 0) is 25.7 Å². The fourth-order valence-corrected chi connectivity index (χ4v) is 7.53. The van der Waals surface area contributed by atoms with Crippen molar-refractivity contribution in [2.75, 3.05) is 32.8 Å². The van der Waals surface area contributed by atoms with E-state index in [2.05, 4.69) is 13.8 Å². The molecule has 0 spiro atoms. The molecule has 1 aliphatic heterocycles. The van der Waals surface area contributed by atoms with Crippen molar-refractivity contribution < 1.29 is 47.2 Å². The average Bonchev–Trinajstić information content (AvgIpc) is 3.06. The molecule has 0 aromatic carbocycles. The van der Waals surface area contributed by atoms with Gasteiger partial charge in [-0.3, -0.25) is 4.48 Å². The number of aliphatic hydroxyl groups is 5. The Kier molecular flexibility index (Phi) is 32.0. The Morgan fingerprint density at radius 1 is 0.426 bits per heavy atom. The summed E-state index contributed by atoms with van der Waals surface area (Å²) < 4.78 is 6.67. The molecule has 284 valence electrons. The average molecular weight is 695 g/mol. The van der Waals surface area contributed by atoms with Crippen LogP contribution in [0.15, 0.2) is 0 Å². The van der Waals surface area contributed by atoms with Gasteiger partial charge in [0, 0.05) is 13.0 Å². The molecule has 1 saturated heterocycles. The SMILES string of the molecule is CCCCCCCCCCCCCCCCCC[N+](CCCO)(CCCCCCCCCCCC)C1O[C@H](CO)[C@@H](O)[C@H](O)[C@H]1O.[Cl-]. The number of unbranched alkanes of at least 4 members (excludes halogenated alkanes) is 24. The molecule has 1 heterocycles. The van der Waals surface area contributed by atoms with Crippen LogP contribution in [0.1, 0.15) is 187 Å². The van der Waals surface area contributed by atoms with Crippen molar-refractivity contribution >= 4 is 0 Å². The minimum Gasteiger partial charge on any atom is -1.00 e. The number of quaternary nitrogens is 1. The van der Waals surface area contributed by atoms with Gasteiger partial charge in [-0.2, -0.15) is 0 Å². The molecule has 7 nitrogen and oxygen atoms in total. The second-order valence-electron chi connectivity index (χ2n) is 14.7.